The summed E-state index contributed by atoms with van der Waals surface area (Å²) in [7, 11) is 0. The second-order valence-corrected chi connectivity index (χ2v) is 4.59. The lowest BCUT2D eigenvalue weighted by molar-refractivity contribution is -0.124. The Balaban J connectivity index is 2.11. The summed E-state index contributed by atoms with van der Waals surface area (Å²) < 4.78 is 5.32. The third kappa shape index (κ3) is 1.26. The van der Waals surface area contributed by atoms with Gasteiger partial charge in [-0.1, -0.05) is 11.6 Å². The molecule has 84 valence electrons. The van der Waals surface area contributed by atoms with Crippen molar-refractivity contribution in [2.75, 3.05) is 18.5 Å². The van der Waals surface area contributed by atoms with Crippen LogP contribution in [0, 0.1) is 0 Å². The van der Waals surface area contributed by atoms with Gasteiger partial charge in [-0.2, -0.15) is 0 Å². The van der Waals surface area contributed by atoms with Gasteiger partial charge in [0.25, 0.3) is 0 Å². The molecule has 0 unspecified atom stereocenters. The van der Waals surface area contributed by atoms with E-state index in [-0.39, 0.29) is 5.91 Å². The predicted octanol–water partition coefficient (Wildman–Crippen LogP) is 1.74. The highest BCUT2D eigenvalue weighted by Crippen LogP contribution is 2.44. The maximum absolute atomic E-state index is 12.1. The van der Waals surface area contributed by atoms with E-state index in [1.165, 1.54) is 0 Å². The highest BCUT2D eigenvalue weighted by atomic mass is 35.5. The first kappa shape index (κ1) is 10.1. The van der Waals surface area contributed by atoms with Gasteiger partial charge >= 0.3 is 0 Å². The average Bonchev–Trinajstić information content (AvgIpc) is 2.53. The van der Waals surface area contributed by atoms with Crippen molar-refractivity contribution in [3.63, 3.8) is 0 Å². The molecule has 1 N–H and O–H groups in total. The molecule has 2 aliphatic rings. The molecule has 5 heteroatoms. The Bertz CT molecular complexity index is 455. The smallest absolute Gasteiger partial charge is 0.235 e. The summed E-state index contributed by atoms with van der Waals surface area (Å²) >= 11 is 5.81. The van der Waals surface area contributed by atoms with Gasteiger partial charge in [-0.05, 0) is 18.9 Å². The number of halogens is 1. The number of pyridine rings is 1. The van der Waals surface area contributed by atoms with Crippen molar-refractivity contribution in [1.82, 2.24) is 4.98 Å². The third-order valence-corrected chi connectivity index (χ3v) is 3.62. The SMILES string of the molecule is O=C1Nc2cc(Cl)ncc2C12CCOCC2. The standard InChI is InChI=1S/C11H11ClN2O2/c12-9-5-8-7(6-13-9)11(10(15)14-8)1-3-16-4-2-11/h5-6H,1-4H2,(H,14,15). The van der Waals surface area contributed by atoms with Gasteiger partial charge in [-0.15, -0.1) is 0 Å². The molecule has 1 fully saturated rings. The van der Waals surface area contributed by atoms with Crippen LogP contribution in [0.25, 0.3) is 0 Å². The zero-order valence-corrected chi connectivity index (χ0v) is 9.38. The molecule has 0 bridgehead atoms. The number of nitrogens with one attached hydrogen (secondary N) is 1. The minimum atomic E-state index is -0.439. The first-order valence-electron chi connectivity index (χ1n) is 5.28. The lowest BCUT2D eigenvalue weighted by Crippen LogP contribution is -2.40. The molecule has 3 rings (SSSR count). The summed E-state index contributed by atoms with van der Waals surface area (Å²) in [6.07, 6.45) is 3.14. The number of carbonyl (C=O) groups is 1. The van der Waals surface area contributed by atoms with Crippen molar-refractivity contribution in [3.8, 4) is 0 Å². The van der Waals surface area contributed by atoms with Crippen molar-refractivity contribution in [2.45, 2.75) is 18.3 Å². The van der Waals surface area contributed by atoms with E-state index >= 15 is 0 Å². The molecule has 1 spiro atoms. The van der Waals surface area contributed by atoms with E-state index in [1.54, 1.807) is 12.3 Å². The monoisotopic (exact) mass is 238 g/mol. The minimum Gasteiger partial charge on any atom is -0.381 e. The van der Waals surface area contributed by atoms with E-state index in [1.807, 2.05) is 0 Å². The predicted molar refractivity (Wildman–Crippen MR) is 59.6 cm³/mol. The Morgan fingerprint density at radius 1 is 1.44 bits per heavy atom. The molecule has 0 aromatic carbocycles. The van der Waals surface area contributed by atoms with Gasteiger partial charge in [-0.3, -0.25) is 4.79 Å². The number of aromatic nitrogens is 1. The van der Waals surface area contributed by atoms with E-state index in [4.69, 9.17) is 16.3 Å². The second kappa shape index (κ2) is 3.43. The molecule has 4 nitrogen and oxygen atoms in total. The molecule has 1 saturated heterocycles. The highest BCUT2D eigenvalue weighted by molar-refractivity contribution is 6.30. The first-order chi connectivity index (χ1) is 7.72. The van der Waals surface area contributed by atoms with Crippen molar-refractivity contribution >= 4 is 23.2 Å². The largest absolute Gasteiger partial charge is 0.381 e. The van der Waals surface area contributed by atoms with Gasteiger partial charge in [0.2, 0.25) is 5.91 Å². The zero-order chi connectivity index (χ0) is 11.2. The van der Waals surface area contributed by atoms with Gasteiger partial charge < -0.3 is 10.1 Å². The van der Waals surface area contributed by atoms with Crippen LogP contribution in [-0.2, 0) is 14.9 Å². The molecule has 1 aromatic heterocycles. The molecule has 0 saturated carbocycles. The van der Waals surface area contributed by atoms with Crippen LogP contribution in [0.5, 0.6) is 0 Å². The van der Waals surface area contributed by atoms with Crippen molar-refractivity contribution in [1.29, 1.82) is 0 Å². The quantitative estimate of drug-likeness (QED) is 0.701. The third-order valence-electron chi connectivity index (χ3n) is 3.42. The fraction of sp³-hybridized carbons (Fsp3) is 0.455. The lowest BCUT2D eigenvalue weighted by atomic mass is 9.76. The van der Waals surface area contributed by atoms with Crippen molar-refractivity contribution in [2.24, 2.45) is 0 Å². The second-order valence-electron chi connectivity index (χ2n) is 4.20. The fourth-order valence-corrected chi connectivity index (χ4v) is 2.65. The van der Waals surface area contributed by atoms with E-state index in [9.17, 15) is 4.79 Å². The Morgan fingerprint density at radius 2 is 2.19 bits per heavy atom. The number of fused-ring (bicyclic) bond motifs is 2. The van der Waals surface area contributed by atoms with Crippen LogP contribution < -0.4 is 5.32 Å². The van der Waals surface area contributed by atoms with Crippen LogP contribution in [0.2, 0.25) is 5.15 Å². The average molecular weight is 239 g/mol. The number of amides is 1. The number of anilines is 1. The summed E-state index contributed by atoms with van der Waals surface area (Å²) in [5.74, 6) is 0.0508. The van der Waals surface area contributed by atoms with Crippen LogP contribution in [0.3, 0.4) is 0 Å². The van der Waals surface area contributed by atoms with E-state index in [0.29, 0.717) is 18.4 Å². The molecule has 0 radical (unpaired) electrons. The molecule has 0 atom stereocenters. The Labute approximate surface area is 98.0 Å². The topological polar surface area (TPSA) is 51.2 Å². The van der Waals surface area contributed by atoms with Gasteiger partial charge in [0.05, 0.1) is 5.41 Å². The molecule has 1 aromatic rings. The molecule has 0 aliphatic carbocycles. The molecular weight excluding hydrogens is 228 g/mol. The van der Waals surface area contributed by atoms with E-state index in [2.05, 4.69) is 10.3 Å². The van der Waals surface area contributed by atoms with Crippen LogP contribution in [0.15, 0.2) is 12.3 Å². The lowest BCUT2D eigenvalue weighted by Gasteiger charge is -2.31. The van der Waals surface area contributed by atoms with E-state index < -0.39 is 5.41 Å². The van der Waals surface area contributed by atoms with Crippen LogP contribution >= 0.6 is 11.6 Å². The number of rotatable bonds is 0. The number of ether oxygens (including phenoxy) is 1. The van der Waals surface area contributed by atoms with Gasteiger partial charge in [-0.25, -0.2) is 4.98 Å². The van der Waals surface area contributed by atoms with Gasteiger partial charge in [0.15, 0.2) is 0 Å². The molecular formula is C11H11ClN2O2. The summed E-state index contributed by atoms with van der Waals surface area (Å²) in [5.41, 5.74) is 1.32. The van der Waals surface area contributed by atoms with Crippen LogP contribution in [0.4, 0.5) is 5.69 Å². The number of carbonyl (C=O) groups excluding carboxylic acids is 1. The highest BCUT2D eigenvalue weighted by Gasteiger charge is 2.47. The Kier molecular flexibility index (Phi) is 2.16. The summed E-state index contributed by atoms with van der Waals surface area (Å²) in [5, 5.41) is 3.29. The molecule has 16 heavy (non-hydrogen) atoms. The van der Waals surface area contributed by atoms with E-state index in [0.717, 1.165) is 24.1 Å². The molecule has 1 amide bonds. The van der Waals surface area contributed by atoms with Gasteiger partial charge in [0.1, 0.15) is 5.15 Å². The number of hydrogen-bond donors (Lipinski definition) is 1. The molecule has 2 aliphatic heterocycles. The maximum Gasteiger partial charge on any atom is 0.235 e. The molecule has 3 heterocycles. The van der Waals surface area contributed by atoms with Crippen LogP contribution in [-0.4, -0.2) is 24.1 Å². The summed E-state index contributed by atoms with van der Waals surface area (Å²) in [4.78, 5) is 16.1. The fourth-order valence-electron chi connectivity index (χ4n) is 2.50. The summed E-state index contributed by atoms with van der Waals surface area (Å²) in [6, 6.07) is 1.71. The maximum atomic E-state index is 12.1. The Morgan fingerprint density at radius 3 is 2.94 bits per heavy atom. The number of hydrogen-bond acceptors (Lipinski definition) is 3. The first-order valence-corrected chi connectivity index (χ1v) is 5.65. The zero-order valence-electron chi connectivity index (χ0n) is 8.62. The normalized spacial score (nSPS) is 21.9. The van der Waals surface area contributed by atoms with Crippen molar-refractivity contribution in [3.05, 3.63) is 23.0 Å². The number of nitrogens with zero attached hydrogens (tertiary/aromatic N) is 1. The van der Waals surface area contributed by atoms with Crippen LogP contribution in [0.1, 0.15) is 18.4 Å². The summed E-state index contributed by atoms with van der Waals surface area (Å²) in [6.45, 7) is 1.24. The Hall–Kier alpha value is -1.13. The minimum absolute atomic E-state index is 0.0508. The van der Waals surface area contributed by atoms with Crippen molar-refractivity contribution < 1.29 is 9.53 Å². The van der Waals surface area contributed by atoms with Gasteiger partial charge in [0, 0.05) is 30.7 Å².